The van der Waals surface area contributed by atoms with Gasteiger partial charge in [-0.05, 0) is 36.4 Å². The number of aryl methyl sites for hydroxylation is 1. The summed E-state index contributed by atoms with van der Waals surface area (Å²) in [6, 6.07) is 0. The molecule has 1 aromatic rings. The third-order valence-corrected chi connectivity index (χ3v) is 3.73. The third kappa shape index (κ3) is 3.66. The maximum Gasteiger partial charge on any atom is 0.195 e. The maximum atomic E-state index is 5.32. The van der Waals surface area contributed by atoms with Crippen molar-refractivity contribution in [3.8, 4) is 0 Å². The van der Waals surface area contributed by atoms with E-state index in [1.54, 1.807) is 0 Å². The molecule has 0 radical (unpaired) electrons. The van der Waals surface area contributed by atoms with Gasteiger partial charge in [-0.3, -0.25) is 5.10 Å². The molecule has 0 bridgehead atoms. The SMILES string of the molecule is CCCc1n[nH]c(=S)n1CC(C(C)C)C(C)C. The Morgan fingerprint density at radius 3 is 2.29 bits per heavy atom. The smallest absolute Gasteiger partial charge is 0.195 e. The topological polar surface area (TPSA) is 33.6 Å². The highest BCUT2D eigenvalue weighted by Gasteiger charge is 2.19. The van der Waals surface area contributed by atoms with Crippen molar-refractivity contribution < 1.29 is 0 Å². The number of rotatable bonds is 6. The molecule has 1 heterocycles. The van der Waals surface area contributed by atoms with Crippen molar-refractivity contribution in [2.24, 2.45) is 17.8 Å². The fourth-order valence-corrected chi connectivity index (χ4v) is 2.58. The zero-order chi connectivity index (χ0) is 13.0. The molecule has 1 N–H and O–H groups in total. The van der Waals surface area contributed by atoms with Crippen LogP contribution < -0.4 is 0 Å². The first-order chi connectivity index (χ1) is 7.97. The van der Waals surface area contributed by atoms with E-state index in [1.165, 1.54) is 0 Å². The van der Waals surface area contributed by atoms with Crippen LogP contribution in [0.5, 0.6) is 0 Å². The number of nitrogens with one attached hydrogen (secondary N) is 1. The van der Waals surface area contributed by atoms with E-state index in [2.05, 4.69) is 49.4 Å². The zero-order valence-electron chi connectivity index (χ0n) is 11.7. The third-order valence-electron chi connectivity index (χ3n) is 3.42. The number of aromatic amines is 1. The van der Waals surface area contributed by atoms with Crippen LogP contribution in [0.1, 0.15) is 46.9 Å². The van der Waals surface area contributed by atoms with Gasteiger partial charge in [0.25, 0.3) is 0 Å². The predicted octanol–water partition coefficient (Wildman–Crippen LogP) is 3.82. The lowest BCUT2D eigenvalue weighted by Gasteiger charge is -2.25. The van der Waals surface area contributed by atoms with Crippen LogP contribution in [0.4, 0.5) is 0 Å². The van der Waals surface area contributed by atoms with E-state index in [9.17, 15) is 0 Å². The molecule has 98 valence electrons. The normalized spacial score (nSPS) is 12.0. The Morgan fingerprint density at radius 1 is 1.24 bits per heavy atom. The maximum absolute atomic E-state index is 5.32. The number of H-pyrrole nitrogens is 1. The van der Waals surface area contributed by atoms with Gasteiger partial charge in [-0.2, -0.15) is 5.10 Å². The van der Waals surface area contributed by atoms with Crippen LogP contribution in [0.25, 0.3) is 0 Å². The molecule has 0 saturated carbocycles. The van der Waals surface area contributed by atoms with Crippen LogP contribution in [0, 0.1) is 22.5 Å². The van der Waals surface area contributed by atoms with Crippen molar-refractivity contribution in [1.82, 2.24) is 14.8 Å². The van der Waals surface area contributed by atoms with E-state index in [0.717, 1.165) is 30.0 Å². The quantitative estimate of drug-likeness (QED) is 0.784. The number of nitrogens with zero attached hydrogens (tertiary/aromatic N) is 2. The molecule has 17 heavy (non-hydrogen) atoms. The van der Waals surface area contributed by atoms with Crippen molar-refractivity contribution in [2.45, 2.75) is 54.0 Å². The van der Waals surface area contributed by atoms with Gasteiger partial charge in [0, 0.05) is 13.0 Å². The van der Waals surface area contributed by atoms with Crippen LogP contribution in [0.15, 0.2) is 0 Å². The minimum atomic E-state index is 0.648. The Bertz CT molecular complexity index is 382. The van der Waals surface area contributed by atoms with Gasteiger partial charge >= 0.3 is 0 Å². The average molecular weight is 255 g/mol. The molecule has 0 amide bonds. The summed E-state index contributed by atoms with van der Waals surface area (Å²) in [6.45, 7) is 12.3. The van der Waals surface area contributed by atoms with Gasteiger partial charge in [0.2, 0.25) is 0 Å². The molecule has 0 saturated heterocycles. The molecule has 0 fully saturated rings. The molecule has 0 unspecified atom stereocenters. The van der Waals surface area contributed by atoms with Gasteiger partial charge in [0.05, 0.1) is 0 Å². The van der Waals surface area contributed by atoms with Gasteiger partial charge < -0.3 is 4.57 Å². The highest BCUT2D eigenvalue weighted by molar-refractivity contribution is 7.71. The van der Waals surface area contributed by atoms with Crippen molar-refractivity contribution in [1.29, 1.82) is 0 Å². The number of hydrogen-bond donors (Lipinski definition) is 1. The first-order valence-electron chi connectivity index (χ1n) is 6.61. The number of aromatic nitrogens is 3. The van der Waals surface area contributed by atoms with E-state index in [1.807, 2.05) is 0 Å². The fraction of sp³-hybridized carbons (Fsp3) is 0.846. The van der Waals surface area contributed by atoms with Crippen LogP contribution in [0.3, 0.4) is 0 Å². The Kier molecular flexibility index (Phi) is 5.37. The second-order valence-corrected chi connectivity index (χ2v) is 5.84. The minimum absolute atomic E-state index is 0.648. The predicted molar refractivity (Wildman–Crippen MR) is 74.6 cm³/mol. The molecule has 1 aromatic heterocycles. The van der Waals surface area contributed by atoms with Crippen LogP contribution in [-0.4, -0.2) is 14.8 Å². The van der Waals surface area contributed by atoms with Crippen molar-refractivity contribution in [3.05, 3.63) is 10.6 Å². The van der Waals surface area contributed by atoms with Crippen LogP contribution in [0.2, 0.25) is 0 Å². The summed E-state index contributed by atoms with van der Waals surface area (Å²) >= 11 is 5.32. The highest BCUT2D eigenvalue weighted by atomic mass is 32.1. The molecule has 0 atom stereocenters. The lowest BCUT2D eigenvalue weighted by Crippen LogP contribution is -2.23. The summed E-state index contributed by atoms with van der Waals surface area (Å²) in [5.74, 6) is 3.08. The molecule has 0 aromatic carbocycles. The second-order valence-electron chi connectivity index (χ2n) is 5.46. The second kappa shape index (κ2) is 6.34. The van der Waals surface area contributed by atoms with Gasteiger partial charge in [-0.1, -0.05) is 34.6 Å². The van der Waals surface area contributed by atoms with Gasteiger partial charge in [0.1, 0.15) is 5.82 Å². The monoisotopic (exact) mass is 255 g/mol. The highest BCUT2D eigenvalue weighted by Crippen LogP contribution is 2.23. The van der Waals surface area contributed by atoms with E-state index in [0.29, 0.717) is 17.8 Å². The minimum Gasteiger partial charge on any atom is -0.304 e. The summed E-state index contributed by atoms with van der Waals surface area (Å²) in [6.07, 6.45) is 2.10. The average Bonchev–Trinajstić information content (AvgIpc) is 2.56. The Balaban J connectivity index is 2.92. The van der Waals surface area contributed by atoms with Crippen molar-refractivity contribution in [3.63, 3.8) is 0 Å². The van der Waals surface area contributed by atoms with Crippen LogP contribution >= 0.6 is 12.2 Å². The summed E-state index contributed by atoms with van der Waals surface area (Å²) < 4.78 is 2.95. The molecule has 4 heteroatoms. The van der Waals surface area contributed by atoms with Crippen molar-refractivity contribution >= 4 is 12.2 Å². The van der Waals surface area contributed by atoms with Crippen molar-refractivity contribution in [2.75, 3.05) is 0 Å². The summed E-state index contributed by atoms with van der Waals surface area (Å²) in [5, 5.41) is 7.24. The van der Waals surface area contributed by atoms with Gasteiger partial charge in [0.15, 0.2) is 4.77 Å². The Hall–Kier alpha value is -0.640. The van der Waals surface area contributed by atoms with Crippen LogP contribution in [-0.2, 0) is 13.0 Å². The Labute approximate surface area is 110 Å². The van der Waals surface area contributed by atoms with E-state index in [-0.39, 0.29) is 0 Å². The first-order valence-corrected chi connectivity index (χ1v) is 7.02. The molecule has 0 spiro atoms. The molecule has 3 nitrogen and oxygen atoms in total. The lowest BCUT2D eigenvalue weighted by atomic mass is 9.85. The van der Waals surface area contributed by atoms with E-state index in [4.69, 9.17) is 12.2 Å². The summed E-state index contributed by atoms with van der Waals surface area (Å²) in [7, 11) is 0. The van der Waals surface area contributed by atoms with Gasteiger partial charge in [-0.25, -0.2) is 0 Å². The zero-order valence-corrected chi connectivity index (χ0v) is 12.5. The van der Waals surface area contributed by atoms with Gasteiger partial charge in [-0.15, -0.1) is 0 Å². The molecular formula is C13H25N3S. The summed E-state index contributed by atoms with van der Waals surface area (Å²) in [4.78, 5) is 0. The molecule has 1 rings (SSSR count). The standard InChI is InChI=1S/C13H25N3S/c1-6-7-12-14-15-13(17)16(12)8-11(9(2)3)10(4)5/h9-11H,6-8H2,1-5H3,(H,15,17). The van der Waals surface area contributed by atoms with E-state index >= 15 is 0 Å². The fourth-order valence-electron chi connectivity index (χ4n) is 2.36. The van der Waals surface area contributed by atoms with E-state index < -0.39 is 0 Å². The molecular weight excluding hydrogens is 230 g/mol. The first kappa shape index (κ1) is 14.4. The molecule has 0 aliphatic carbocycles. The molecule has 0 aliphatic rings. The lowest BCUT2D eigenvalue weighted by molar-refractivity contribution is 0.248. The largest absolute Gasteiger partial charge is 0.304 e. The summed E-state index contributed by atoms with van der Waals surface area (Å²) in [5.41, 5.74) is 0. The Morgan fingerprint density at radius 2 is 1.82 bits per heavy atom. The molecule has 0 aliphatic heterocycles. The number of hydrogen-bond acceptors (Lipinski definition) is 2.